The van der Waals surface area contributed by atoms with Crippen molar-refractivity contribution >= 4 is 23.9 Å². The first kappa shape index (κ1) is 33.7. The van der Waals surface area contributed by atoms with E-state index in [0.29, 0.717) is 28.9 Å². The van der Waals surface area contributed by atoms with Crippen molar-refractivity contribution in [2.24, 2.45) is 0 Å². The molecule has 10 nitrogen and oxygen atoms in total. The topological polar surface area (TPSA) is 135 Å². The van der Waals surface area contributed by atoms with Gasteiger partial charge in [-0.05, 0) is 67.8 Å². The Balaban J connectivity index is 2.17. The monoisotopic (exact) mass is 580 g/mol. The Kier molecular flexibility index (Phi) is 13.4. The molecule has 2 aromatic carbocycles. The lowest BCUT2D eigenvalue weighted by atomic mass is 9.99. The summed E-state index contributed by atoms with van der Waals surface area (Å²) in [4.78, 5) is 49.0. The third-order valence-corrected chi connectivity index (χ3v) is 5.47. The van der Waals surface area contributed by atoms with Gasteiger partial charge in [-0.2, -0.15) is 0 Å². The van der Waals surface area contributed by atoms with Gasteiger partial charge in [0, 0.05) is 24.0 Å². The van der Waals surface area contributed by atoms with Crippen LogP contribution in [-0.2, 0) is 28.5 Å². The van der Waals surface area contributed by atoms with Crippen molar-refractivity contribution in [2.45, 2.75) is 39.9 Å². The fourth-order valence-electron chi connectivity index (χ4n) is 3.18. The lowest BCUT2D eigenvalue weighted by Gasteiger charge is -2.13. The molecule has 0 aliphatic heterocycles. The molecule has 1 N–H and O–H groups in total. The molecule has 2 rings (SSSR count). The summed E-state index contributed by atoms with van der Waals surface area (Å²) in [7, 11) is 0. The van der Waals surface area contributed by atoms with Gasteiger partial charge < -0.3 is 28.8 Å². The number of aliphatic hydroxyl groups excluding tert-OH is 1. The molecular weight excluding hydrogens is 544 g/mol. The average molecular weight is 581 g/mol. The fourth-order valence-corrected chi connectivity index (χ4v) is 3.18. The van der Waals surface area contributed by atoms with Crippen molar-refractivity contribution in [3.8, 4) is 16.9 Å². The maximum Gasteiger partial charge on any atom is 0.338 e. The van der Waals surface area contributed by atoms with Crippen molar-refractivity contribution in [1.29, 1.82) is 0 Å². The first-order valence-corrected chi connectivity index (χ1v) is 13.1. The predicted molar refractivity (Wildman–Crippen MR) is 155 cm³/mol. The number of rotatable bonds is 16. The van der Waals surface area contributed by atoms with E-state index in [0.717, 1.165) is 0 Å². The second-order valence-electron chi connectivity index (χ2n) is 9.46. The SMILES string of the molecule is C=C(C)C(=O)OCCCOC(=O)c1cc(C(=O)OCCCOC(O)C(=C)C)cc(-c2ccc(OC(=O)C(=C)C)cc2)c1. The van der Waals surface area contributed by atoms with E-state index in [1.807, 2.05) is 0 Å². The molecule has 0 radical (unpaired) electrons. The van der Waals surface area contributed by atoms with Crippen LogP contribution in [0.25, 0.3) is 11.1 Å². The third kappa shape index (κ3) is 11.1. The van der Waals surface area contributed by atoms with Crippen LogP contribution in [-0.4, -0.2) is 61.7 Å². The first-order valence-electron chi connectivity index (χ1n) is 13.1. The van der Waals surface area contributed by atoms with Gasteiger partial charge in [-0.1, -0.05) is 31.9 Å². The van der Waals surface area contributed by atoms with E-state index < -0.39 is 30.2 Å². The zero-order chi connectivity index (χ0) is 31.2. The van der Waals surface area contributed by atoms with Gasteiger partial charge in [-0.3, -0.25) is 0 Å². The summed E-state index contributed by atoms with van der Waals surface area (Å²) >= 11 is 0. The molecule has 0 bridgehead atoms. The largest absolute Gasteiger partial charge is 0.462 e. The van der Waals surface area contributed by atoms with Gasteiger partial charge in [0.15, 0.2) is 6.29 Å². The summed E-state index contributed by atoms with van der Waals surface area (Å²) in [5.74, 6) is -2.16. The first-order chi connectivity index (χ1) is 19.9. The van der Waals surface area contributed by atoms with Crippen LogP contribution in [0.3, 0.4) is 0 Å². The smallest absolute Gasteiger partial charge is 0.338 e. The highest BCUT2D eigenvalue weighted by Crippen LogP contribution is 2.26. The van der Waals surface area contributed by atoms with Crippen LogP contribution in [0.4, 0.5) is 0 Å². The van der Waals surface area contributed by atoms with Crippen LogP contribution in [0, 0.1) is 0 Å². The molecule has 0 fully saturated rings. The van der Waals surface area contributed by atoms with Crippen molar-refractivity contribution in [3.63, 3.8) is 0 Å². The summed E-state index contributed by atoms with van der Waals surface area (Å²) in [6.45, 7) is 15.5. The lowest BCUT2D eigenvalue weighted by Crippen LogP contribution is -2.15. The standard InChI is InChI=1S/C32H36O10/c1-20(2)28(33)38-13-7-15-40-31(36)25-17-24(23-9-11-27(12-10-23)42-30(35)22(5)6)18-26(19-25)32(37)41-16-8-14-39-29(34)21(3)4/h9-12,17-19,28,33H,1,3,5,7-8,13-16H2,2,4,6H3. The van der Waals surface area contributed by atoms with Crippen molar-refractivity contribution in [2.75, 3.05) is 26.4 Å². The molecule has 0 spiro atoms. The molecule has 1 atom stereocenters. The van der Waals surface area contributed by atoms with Gasteiger partial charge in [0.2, 0.25) is 0 Å². The quantitative estimate of drug-likeness (QED) is 0.0552. The maximum atomic E-state index is 12.9. The Morgan fingerprint density at radius 1 is 0.690 bits per heavy atom. The Hall–Kier alpha value is -4.54. The van der Waals surface area contributed by atoms with E-state index >= 15 is 0 Å². The number of carbonyl (C=O) groups excluding carboxylic acids is 4. The van der Waals surface area contributed by atoms with Crippen molar-refractivity contribution in [1.82, 2.24) is 0 Å². The Morgan fingerprint density at radius 3 is 1.69 bits per heavy atom. The normalized spacial score (nSPS) is 11.1. The highest BCUT2D eigenvalue weighted by Gasteiger charge is 2.17. The van der Waals surface area contributed by atoms with Crippen LogP contribution >= 0.6 is 0 Å². The minimum atomic E-state index is -1.10. The second kappa shape index (κ2) is 16.7. The van der Waals surface area contributed by atoms with E-state index in [2.05, 4.69) is 19.7 Å². The Labute approximate surface area is 245 Å². The van der Waals surface area contributed by atoms with E-state index in [9.17, 15) is 24.3 Å². The highest BCUT2D eigenvalue weighted by molar-refractivity contribution is 5.97. The summed E-state index contributed by atoms with van der Waals surface area (Å²) in [5.41, 5.74) is 2.32. The minimum Gasteiger partial charge on any atom is -0.462 e. The number of aliphatic hydroxyl groups is 1. The summed E-state index contributed by atoms with van der Waals surface area (Å²) in [6, 6.07) is 11.0. The molecule has 0 aliphatic carbocycles. The van der Waals surface area contributed by atoms with E-state index in [4.69, 9.17) is 23.7 Å². The molecule has 2 aromatic rings. The van der Waals surface area contributed by atoms with Gasteiger partial charge in [0.25, 0.3) is 0 Å². The van der Waals surface area contributed by atoms with Gasteiger partial charge in [0.1, 0.15) is 5.75 Å². The van der Waals surface area contributed by atoms with E-state index in [1.165, 1.54) is 19.9 Å². The van der Waals surface area contributed by atoms with Crippen LogP contribution in [0.15, 0.2) is 78.9 Å². The van der Waals surface area contributed by atoms with E-state index in [-0.39, 0.29) is 55.1 Å². The third-order valence-electron chi connectivity index (χ3n) is 5.47. The molecule has 0 saturated heterocycles. The second-order valence-corrected chi connectivity index (χ2v) is 9.46. The zero-order valence-electron chi connectivity index (χ0n) is 24.1. The predicted octanol–water partition coefficient (Wildman–Crippen LogP) is 4.96. The van der Waals surface area contributed by atoms with Gasteiger partial charge in [0.05, 0.1) is 37.6 Å². The zero-order valence-corrected chi connectivity index (χ0v) is 24.1. The van der Waals surface area contributed by atoms with E-state index in [1.54, 1.807) is 43.3 Å². The van der Waals surface area contributed by atoms with Crippen LogP contribution in [0.5, 0.6) is 5.75 Å². The van der Waals surface area contributed by atoms with Crippen molar-refractivity contribution in [3.05, 3.63) is 90.0 Å². The molecule has 0 heterocycles. The average Bonchev–Trinajstić information content (AvgIpc) is 2.96. The molecule has 0 aliphatic rings. The molecule has 0 saturated carbocycles. The van der Waals surface area contributed by atoms with Gasteiger partial charge in [-0.25, -0.2) is 19.2 Å². The summed E-state index contributed by atoms with van der Waals surface area (Å²) in [5, 5.41) is 9.63. The minimum absolute atomic E-state index is 0.0113. The number of hydrogen-bond acceptors (Lipinski definition) is 10. The van der Waals surface area contributed by atoms with Gasteiger partial charge >= 0.3 is 23.9 Å². The molecule has 224 valence electrons. The molecule has 10 heteroatoms. The van der Waals surface area contributed by atoms with Crippen LogP contribution in [0.2, 0.25) is 0 Å². The molecule has 0 amide bonds. The molecule has 0 aromatic heterocycles. The van der Waals surface area contributed by atoms with Crippen molar-refractivity contribution < 1.29 is 48.0 Å². The number of esters is 4. The lowest BCUT2D eigenvalue weighted by molar-refractivity contribution is -0.139. The number of carbonyl (C=O) groups is 4. The molecular formula is C32H36O10. The Morgan fingerprint density at radius 2 is 1.19 bits per heavy atom. The summed E-state index contributed by atoms with van der Waals surface area (Å²) < 4.78 is 26.0. The van der Waals surface area contributed by atoms with Gasteiger partial charge in [-0.15, -0.1) is 0 Å². The number of hydrogen-bond donors (Lipinski definition) is 1. The Bertz CT molecular complexity index is 1320. The summed E-state index contributed by atoms with van der Waals surface area (Å²) in [6.07, 6.45) is -0.503. The number of benzene rings is 2. The van der Waals surface area contributed by atoms with Crippen LogP contribution < -0.4 is 4.74 Å². The fraction of sp³-hybridized carbons (Fsp3) is 0.312. The molecule has 1 unspecified atom stereocenters. The maximum absolute atomic E-state index is 12.9. The molecule has 42 heavy (non-hydrogen) atoms. The highest BCUT2D eigenvalue weighted by atomic mass is 16.6. The number of ether oxygens (including phenoxy) is 5. The van der Waals surface area contributed by atoms with Crippen LogP contribution in [0.1, 0.15) is 54.3 Å².